The van der Waals surface area contributed by atoms with E-state index in [4.69, 9.17) is 10.5 Å². The average molecular weight is 203 g/mol. The molecule has 2 aromatic rings. The third kappa shape index (κ3) is 1.13. The van der Waals surface area contributed by atoms with Gasteiger partial charge in [-0.3, -0.25) is 9.78 Å². The number of nitrogens with zero attached hydrogens (tertiary/aromatic N) is 1. The molecule has 0 bridgehead atoms. The molecule has 0 unspecified atom stereocenters. The third-order valence-corrected chi connectivity index (χ3v) is 2.62. The highest BCUT2D eigenvalue weighted by atomic mass is 16.5. The zero-order chi connectivity index (χ0) is 10.4. The summed E-state index contributed by atoms with van der Waals surface area (Å²) in [5, 5.41) is 0. The molecule has 0 saturated heterocycles. The molecule has 1 aliphatic heterocycles. The number of hydrogen-bond donors (Lipinski definition) is 2. The number of nitrogens with two attached hydrogens (primary N) is 1. The second-order valence-corrected chi connectivity index (χ2v) is 3.56. The Morgan fingerprint density at radius 3 is 3.20 bits per heavy atom. The number of aromatic amines is 1. The molecule has 76 valence electrons. The predicted molar refractivity (Wildman–Crippen MR) is 53.1 cm³/mol. The van der Waals surface area contributed by atoms with Gasteiger partial charge in [0.25, 0.3) is 5.91 Å². The Morgan fingerprint density at radius 1 is 1.53 bits per heavy atom. The molecule has 0 fully saturated rings. The van der Waals surface area contributed by atoms with Gasteiger partial charge in [-0.05, 0) is 6.07 Å². The van der Waals surface area contributed by atoms with Gasteiger partial charge in [0.2, 0.25) is 0 Å². The summed E-state index contributed by atoms with van der Waals surface area (Å²) in [6, 6.07) is 1.66. The predicted octanol–water partition coefficient (Wildman–Crippen LogP) is 0.692. The second-order valence-electron chi connectivity index (χ2n) is 3.56. The number of carbonyl (C=O) groups is 1. The maximum absolute atomic E-state index is 11.0. The van der Waals surface area contributed by atoms with Crippen molar-refractivity contribution >= 4 is 16.9 Å². The molecular weight excluding hydrogens is 194 g/mol. The van der Waals surface area contributed by atoms with Crippen LogP contribution in [0.5, 0.6) is 0 Å². The quantitative estimate of drug-likeness (QED) is 0.715. The molecule has 1 aliphatic rings. The molecule has 3 heterocycles. The van der Waals surface area contributed by atoms with E-state index in [2.05, 4.69) is 9.97 Å². The number of pyridine rings is 1. The van der Waals surface area contributed by atoms with E-state index in [1.54, 1.807) is 12.3 Å². The molecule has 1 amide bonds. The molecule has 0 radical (unpaired) electrons. The highest BCUT2D eigenvalue weighted by Crippen LogP contribution is 2.26. The molecule has 0 saturated carbocycles. The summed E-state index contributed by atoms with van der Waals surface area (Å²) in [4.78, 5) is 18.2. The number of aromatic nitrogens is 2. The molecule has 0 aliphatic carbocycles. The summed E-state index contributed by atoms with van der Waals surface area (Å²) in [6.45, 7) is 1.15. The number of ether oxygens (including phenoxy) is 1. The molecule has 0 spiro atoms. The van der Waals surface area contributed by atoms with Crippen molar-refractivity contribution < 1.29 is 9.53 Å². The Bertz CT molecular complexity index is 559. The number of hydrogen-bond acceptors (Lipinski definition) is 3. The summed E-state index contributed by atoms with van der Waals surface area (Å²) in [6.07, 6.45) is 1.78. The fourth-order valence-corrected chi connectivity index (χ4v) is 1.85. The normalized spacial score (nSPS) is 14.4. The van der Waals surface area contributed by atoms with Gasteiger partial charge < -0.3 is 15.5 Å². The Hall–Kier alpha value is -1.88. The minimum absolute atomic E-state index is 0.387. The fourth-order valence-electron chi connectivity index (χ4n) is 1.85. The van der Waals surface area contributed by atoms with Gasteiger partial charge >= 0.3 is 0 Å². The van der Waals surface area contributed by atoms with Crippen LogP contribution in [0.1, 0.15) is 21.6 Å². The van der Waals surface area contributed by atoms with Gasteiger partial charge in [0.15, 0.2) is 0 Å². The van der Waals surface area contributed by atoms with Crippen LogP contribution in [0, 0.1) is 0 Å². The van der Waals surface area contributed by atoms with Crippen LogP contribution in [0.2, 0.25) is 0 Å². The van der Waals surface area contributed by atoms with Crippen LogP contribution < -0.4 is 5.73 Å². The van der Waals surface area contributed by atoms with Gasteiger partial charge in [-0.2, -0.15) is 0 Å². The second kappa shape index (κ2) is 2.80. The van der Waals surface area contributed by atoms with Gasteiger partial charge in [0.05, 0.1) is 24.2 Å². The van der Waals surface area contributed by atoms with E-state index in [1.807, 2.05) is 0 Å². The van der Waals surface area contributed by atoms with E-state index >= 15 is 0 Å². The van der Waals surface area contributed by atoms with Crippen molar-refractivity contribution in [3.8, 4) is 0 Å². The lowest BCUT2D eigenvalue weighted by molar-refractivity contribution is 0.0996. The molecular formula is C10H9N3O2. The topological polar surface area (TPSA) is 81.0 Å². The van der Waals surface area contributed by atoms with E-state index in [1.165, 1.54) is 0 Å². The van der Waals surface area contributed by atoms with Crippen molar-refractivity contribution in [1.82, 2.24) is 9.97 Å². The lowest BCUT2D eigenvalue weighted by Crippen LogP contribution is -2.10. The zero-order valence-electron chi connectivity index (χ0n) is 7.91. The summed E-state index contributed by atoms with van der Waals surface area (Å²) in [7, 11) is 0. The third-order valence-electron chi connectivity index (χ3n) is 2.62. The number of rotatable bonds is 1. The SMILES string of the molecule is NC(=O)c1cc2ncc3c(c2[nH]1)COC3. The first-order chi connectivity index (χ1) is 7.25. The summed E-state index contributed by atoms with van der Waals surface area (Å²) < 4.78 is 5.32. The first-order valence-electron chi connectivity index (χ1n) is 4.63. The summed E-state index contributed by atoms with van der Waals surface area (Å²) in [5.74, 6) is -0.472. The van der Waals surface area contributed by atoms with Crippen LogP contribution >= 0.6 is 0 Å². The van der Waals surface area contributed by atoms with Crippen molar-refractivity contribution in [3.05, 3.63) is 29.1 Å². The minimum Gasteiger partial charge on any atom is -0.372 e. The van der Waals surface area contributed by atoms with Crippen LogP contribution in [0.3, 0.4) is 0 Å². The average Bonchev–Trinajstić information content (AvgIpc) is 2.82. The Morgan fingerprint density at radius 2 is 2.40 bits per heavy atom. The van der Waals surface area contributed by atoms with Crippen molar-refractivity contribution in [1.29, 1.82) is 0 Å². The zero-order valence-corrected chi connectivity index (χ0v) is 7.91. The lowest BCUT2D eigenvalue weighted by Gasteiger charge is -1.96. The van der Waals surface area contributed by atoms with E-state index in [-0.39, 0.29) is 0 Å². The van der Waals surface area contributed by atoms with E-state index in [0.717, 1.165) is 22.2 Å². The molecule has 5 heteroatoms. The van der Waals surface area contributed by atoms with Crippen LogP contribution in [0.25, 0.3) is 11.0 Å². The highest BCUT2D eigenvalue weighted by molar-refractivity contribution is 5.96. The maximum atomic E-state index is 11.0. The Kier molecular flexibility index (Phi) is 1.58. The van der Waals surface area contributed by atoms with Crippen LogP contribution in [0.4, 0.5) is 0 Å². The van der Waals surface area contributed by atoms with E-state index in [0.29, 0.717) is 18.9 Å². The largest absolute Gasteiger partial charge is 0.372 e. The van der Waals surface area contributed by atoms with E-state index < -0.39 is 5.91 Å². The van der Waals surface area contributed by atoms with Crippen molar-refractivity contribution in [2.75, 3.05) is 0 Å². The van der Waals surface area contributed by atoms with Crippen LogP contribution in [-0.2, 0) is 18.0 Å². The molecule has 2 aromatic heterocycles. The number of fused-ring (bicyclic) bond motifs is 3. The maximum Gasteiger partial charge on any atom is 0.265 e. The van der Waals surface area contributed by atoms with Crippen LogP contribution in [0.15, 0.2) is 12.3 Å². The Balaban J connectivity index is 2.31. The highest BCUT2D eigenvalue weighted by Gasteiger charge is 2.17. The summed E-state index contributed by atoms with van der Waals surface area (Å²) in [5.41, 5.74) is 9.34. The number of carbonyl (C=O) groups excluding carboxylic acids is 1. The standard InChI is InChI=1S/C10H9N3O2/c11-10(14)8-1-7-9(13-8)6-4-15-3-5(6)2-12-7/h1-2,13H,3-4H2,(H2,11,14). The Labute approximate surface area is 85.2 Å². The first-order valence-corrected chi connectivity index (χ1v) is 4.63. The van der Waals surface area contributed by atoms with Crippen LogP contribution in [-0.4, -0.2) is 15.9 Å². The van der Waals surface area contributed by atoms with Crippen molar-refractivity contribution in [3.63, 3.8) is 0 Å². The van der Waals surface area contributed by atoms with Gasteiger partial charge in [-0.15, -0.1) is 0 Å². The smallest absolute Gasteiger partial charge is 0.265 e. The molecule has 0 aromatic carbocycles. The van der Waals surface area contributed by atoms with Gasteiger partial charge in [-0.25, -0.2) is 0 Å². The number of H-pyrrole nitrogens is 1. The van der Waals surface area contributed by atoms with Crippen molar-refractivity contribution in [2.45, 2.75) is 13.2 Å². The van der Waals surface area contributed by atoms with Gasteiger partial charge in [0.1, 0.15) is 5.69 Å². The van der Waals surface area contributed by atoms with E-state index in [9.17, 15) is 4.79 Å². The minimum atomic E-state index is -0.472. The molecule has 5 nitrogen and oxygen atoms in total. The number of primary amides is 1. The molecule has 0 atom stereocenters. The monoisotopic (exact) mass is 203 g/mol. The molecule has 15 heavy (non-hydrogen) atoms. The molecule has 3 N–H and O–H groups in total. The van der Waals surface area contributed by atoms with Crippen molar-refractivity contribution in [2.24, 2.45) is 5.73 Å². The first kappa shape index (κ1) is 8.43. The summed E-state index contributed by atoms with van der Waals surface area (Å²) >= 11 is 0. The molecule has 3 rings (SSSR count). The number of nitrogens with one attached hydrogen (secondary N) is 1. The lowest BCUT2D eigenvalue weighted by atomic mass is 10.1. The van der Waals surface area contributed by atoms with Gasteiger partial charge in [0, 0.05) is 17.3 Å². The van der Waals surface area contributed by atoms with Gasteiger partial charge in [-0.1, -0.05) is 0 Å². The fraction of sp³-hybridized carbons (Fsp3) is 0.200. The number of amides is 1.